The highest BCUT2D eigenvalue weighted by Crippen LogP contribution is 2.41. The first-order valence-electron chi connectivity index (χ1n) is 6.62. The third-order valence-electron chi connectivity index (χ3n) is 3.74. The highest BCUT2D eigenvalue weighted by Gasteiger charge is 2.49. The maximum atomic E-state index is 12.5. The van der Waals surface area contributed by atoms with Crippen molar-refractivity contribution >= 4 is 16.0 Å². The summed E-state index contributed by atoms with van der Waals surface area (Å²) in [7, 11) is -4.25. The highest BCUT2D eigenvalue weighted by molar-refractivity contribution is 7.89. The summed E-state index contributed by atoms with van der Waals surface area (Å²) in [6.45, 7) is -0.216. The van der Waals surface area contributed by atoms with Crippen LogP contribution in [0.4, 0.5) is 8.78 Å². The molecule has 0 bridgehead atoms. The summed E-state index contributed by atoms with van der Waals surface area (Å²) in [6.07, 6.45) is -3.40. The van der Waals surface area contributed by atoms with Crippen molar-refractivity contribution in [2.45, 2.75) is 29.8 Å². The van der Waals surface area contributed by atoms with Crippen LogP contribution in [-0.4, -0.2) is 48.3 Å². The van der Waals surface area contributed by atoms with Gasteiger partial charge in [0.25, 0.3) is 6.43 Å². The zero-order valence-corrected chi connectivity index (χ0v) is 12.6. The number of hydrogen-bond acceptors (Lipinski definition) is 5. The van der Waals surface area contributed by atoms with E-state index in [9.17, 15) is 32.2 Å². The fraction of sp³-hybridized carbons (Fsp3) is 0.462. The van der Waals surface area contributed by atoms with Gasteiger partial charge >= 0.3 is 5.97 Å². The fourth-order valence-corrected chi connectivity index (χ4v) is 3.81. The van der Waals surface area contributed by atoms with E-state index in [0.717, 1.165) is 18.2 Å². The monoisotopic (exact) mass is 351 g/mol. The van der Waals surface area contributed by atoms with Crippen LogP contribution in [0.5, 0.6) is 5.75 Å². The lowest BCUT2D eigenvalue weighted by molar-refractivity contribution is -0.166. The van der Waals surface area contributed by atoms with Crippen molar-refractivity contribution in [3.05, 3.63) is 23.8 Å². The van der Waals surface area contributed by atoms with Crippen LogP contribution >= 0.6 is 0 Å². The van der Waals surface area contributed by atoms with Gasteiger partial charge in [-0.25, -0.2) is 26.7 Å². The molecule has 0 unspecified atom stereocenters. The number of benzene rings is 1. The average molecular weight is 351 g/mol. The number of carbonyl (C=O) groups is 1. The molecule has 0 heterocycles. The number of sulfonamides is 1. The number of aromatic carboxylic acids is 1. The van der Waals surface area contributed by atoms with Crippen LogP contribution in [0.2, 0.25) is 0 Å². The minimum absolute atomic E-state index is 0.216. The molecule has 0 spiro atoms. The van der Waals surface area contributed by atoms with Gasteiger partial charge in [0.1, 0.15) is 16.2 Å². The fourth-order valence-electron chi connectivity index (χ4n) is 2.48. The van der Waals surface area contributed by atoms with Crippen LogP contribution in [0.25, 0.3) is 0 Å². The molecule has 2 rings (SSSR count). The molecule has 1 aliphatic rings. The van der Waals surface area contributed by atoms with Crippen LogP contribution in [0.3, 0.4) is 0 Å². The van der Waals surface area contributed by atoms with E-state index in [0.29, 0.717) is 0 Å². The Morgan fingerprint density at radius 1 is 1.39 bits per heavy atom. The Kier molecular flexibility index (Phi) is 4.60. The van der Waals surface area contributed by atoms with E-state index in [1.54, 1.807) is 0 Å². The van der Waals surface area contributed by atoms with E-state index in [1.807, 2.05) is 0 Å². The first-order valence-corrected chi connectivity index (χ1v) is 8.10. The van der Waals surface area contributed by atoms with E-state index in [1.165, 1.54) is 0 Å². The predicted molar refractivity (Wildman–Crippen MR) is 73.9 cm³/mol. The molecule has 0 radical (unpaired) electrons. The van der Waals surface area contributed by atoms with Gasteiger partial charge in [0.2, 0.25) is 10.0 Å². The van der Waals surface area contributed by atoms with Gasteiger partial charge in [0.05, 0.1) is 5.56 Å². The van der Waals surface area contributed by atoms with E-state index in [2.05, 4.69) is 4.72 Å². The van der Waals surface area contributed by atoms with Crippen molar-refractivity contribution in [1.82, 2.24) is 4.72 Å². The number of phenolic OH excluding ortho intramolecular Hbond substituents is 1. The second-order valence-corrected chi connectivity index (χ2v) is 7.25. The van der Waals surface area contributed by atoms with Crippen LogP contribution in [0, 0.1) is 5.92 Å². The van der Waals surface area contributed by atoms with Gasteiger partial charge in [0.15, 0.2) is 0 Å². The molecule has 1 saturated carbocycles. The number of nitrogens with one attached hydrogen (secondary N) is 1. The summed E-state index contributed by atoms with van der Waals surface area (Å²) in [5, 5.41) is 27.8. The Morgan fingerprint density at radius 2 is 2.00 bits per heavy atom. The summed E-state index contributed by atoms with van der Waals surface area (Å²) in [4.78, 5) is 10.4. The molecule has 128 valence electrons. The second kappa shape index (κ2) is 6.02. The number of rotatable bonds is 6. The van der Waals surface area contributed by atoms with Gasteiger partial charge in [-0.3, -0.25) is 0 Å². The Bertz CT molecular complexity index is 715. The van der Waals surface area contributed by atoms with Gasteiger partial charge in [-0.1, -0.05) is 0 Å². The molecule has 0 aliphatic heterocycles. The van der Waals surface area contributed by atoms with E-state index >= 15 is 0 Å². The quantitative estimate of drug-likeness (QED) is 0.600. The molecular formula is C13H15F2NO6S. The van der Waals surface area contributed by atoms with Crippen molar-refractivity contribution in [3.8, 4) is 5.75 Å². The predicted octanol–water partition coefficient (Wildman–Crippen LogP) is 0.775. The first-order chi connectivity index (χ1) is 10.5. The van der Waals surface area contributed by atoms with Crippen molar-refractivity contribution in [2.24, 2.45) is 5.92 Å². The van der Waals surface area contributed by atoms with Crippen molar-refractivity contribution in [1.29, 1.82) is 0 Å². The molecule has 0 atom stereocenters. The van der Waals surface area contributed by atoms with Crippen molar-refractivity contribution in [2.75, 3.05) is 6.54 Å². The van der Waals surface area contributed by atoms with Crippen molar-refractivity contribution < 1.29 is 37.3 Å². The largest absolute Gasteiger partial charge is 0.508 e. The number of aromatic hydroxyl groups is 1. The van der Waals surface area contributed by atoms with Gasteiger partial charge in [-0.05, 0) is 30.9 Å². The Hall–Kier alpha value is -1.78. The Morgan fingerprint density at radius 3 is 2.52 bits per heavy atom. The summed E-state index contributed by atoms with van der Waals surface area (Å²) in [6, 6.07) is 2.78. The zero-order valence-electron chi connectivity index (χ0n) is 11.7. The number of halogens is 2. The summed E-state index contributed by atoms with van der Waals surface area (Å²) in [5.74, 6) is -2.39. The summed E-state index contributed by atoms with van der Waals surface area (Å²) >= 11 is 0. The van der Waals surface area contributed by atoms with Crippen molar-refractivity contribution in [3.63, 3.8) is 0 Å². The molecule has 1 aromatic rings. The van der Waals surface area contributed by atoms with Gasteiger partial charge in [0, 0.05) is 12.6 Å². The number of phenols is 1. The van der Waals surface area contributed by atoms with Crippen LogP contribution < -0.4 is 4.72 Å². The number of hydrogen-bond donors (Lipinski definition) is 4. The Labute approximate surface area is 130 Å². The summed E-state index contributed by atoms with van der Waals surface area (Å²) < 4.78 is 51.4. The zero-order chi connectivity index (χ0) is 17.4. The number of alkyl halides is 2. The molecular weight excluding hydrogens is 336 g/mol. The molecule has 23 heavy (non-hydrogen) atoms. The lowest BCUT2D eigenvalue weighted by Gasteiger charge is -2.42. The number of aliphatic hydroxyl groups is 1. The Balaban J connectivity index is 2.09. The lowest BCUT2D eigenvalue weighted by atomic mass is 9.71. The van der Waals surface area contributed by atoms with Crippen LogP contribution in [-0.2, 0) is 10.0 Å². The molecule has 1 aliphatic carbocycles. The number of carboxylic acids is 1. The minimum Gasteiger partial charge on any atom is -0.508 e. The van der Waals surface area contributed by atoms with Gasteiger partial charge < -0.3 is 15.3 Å². The maximum absolute atomic E-state index is 12.5. The number of carboxylic acid groups (broad SMARTS) is 1. The van der Waals surface area contributed by atoms with E-state index < -0.39 is 50.1 Å². The minimum atomic E-state index is -4.25. The van der Waals surface area contributed by atoms with Crippen LogP contribution in [0.15, 0.2) is 23.1 Å². The normalized spacial score (nSPS) is 24.4. The van der Waals surface area contributed by atoms with Gasteiger partial charge in [-0.15, -0.1) is 0 Å². The van der Waals surface area contributed by atoms with Crippen LogP contribution in [0.1, 0.15) is 23.2 Å². The average Bonchev–Trinajstić information content (AvgIpc) is 2.41. The lowest BCUT2D eigenvalue weighted by Crippen LogP contribution is -2.52. The second-order valence-electron chi connectivity index (χ2n) is 5.52. The molecule has 7 nitrogen and oxygen atoms in total. The highest BCUT2D eigenvalue weighted by atomic mass is 32.2. The summed E-state index contributed by atoms with van der Waals surface area (Å²) in [5.41, 5.74) is -2.61. The first kappa shape index (κ1) is 17.6. The molecule has 10 heteroatoms. The molecule has 1 fully saturated rings. The molecule has 0 amide bonds. The van der Waals surface area contributed by atoms with E-state index in [-0.39, 0.29) is 19.4 Å². The molecule has 0 aromatic heterocycles. The molecule has 0 saturated heterocycles. The van der Waals surface area contributed by atoms with Gasteiger partial charge in [-0.2, -0.15) is 0 Å². The SMILES string of the molecule is O=C(O)c1ccc(O)cc1S(=O)(=O)NCC1CC(O)(C(F)F)C1. The standard InChI is InChI=1S/C13H15F2NO6S/c14-12(15)13(20)4-7(5-13)6-16-23(21,22)10-3-8(17)1-2-9(10)11(18)19/h1-3,7,12,16-17,20H,4-6H2,(H,18,19). The third-order valence-corrected chi connectivity index (χ3v) is 5.20. The maximum Gasteiger partial charge on any atom is 0.337 e. The smallest absolute Gasteiger partial charge is 0.337 e. The topological polar surface area (TPSA) is 124 Å². The molecule has 4 N–H and O–H groups in total. The van der Waals surface area contributed by atoms with E-state index in [4.69, 9.17) is 5.11 Å². The third kappa shape index (κ3) is 3.59. The molecule has 1 aromatic carbocycles.